The van der Waals surface area contributed by atoms with Gasteiger partial charge in [-0.05, 0) is 44.0 Å². The summed E-state index contributed by atoms with van der Waals surface area (Å²) >= 11 is 1.41. The molecule has 0 saturated heterocycles. The number of halogens is 1. The average molecular weight is 290 g/mol. The molecule has 3 rings (SSSR count). The molecule has 1 heterocycles. The van der Waals surface area contributed by atoms with Crippen LogP contribution in [-0.2, 0) is 0 Å². The molecular formula is C15H15FN2OS. The lowest BCUT2D eigenvalue weighted by atomic mass is 10.2. The first-order valence-electron chi connectivity index (χ1n) is 6.72. The Morgan fingerprint density at radius 2 is 2.10 bits per heavy atom. The number of hydrogen-bond donors (Lipinski definition) is 0. The van der Waals surface area contributed by atoms with Crippen molar-refractivity contribution in [2.24, 2.45) is 0 Å². The molecule has 0 amide bonds. The lowest BCUT2D eigenvalue weighted by Gasteiger charge is -2.19. The van der Waals surface area contributed by atoms with Crippen LogP contribution >= 0.6 is 11.3 Å². The van der Waals surface area contributed by atoms with Gasteiger partial charge in [0.2, 0.25) is 0 Å². The lowest BCUT2D eigenvalue weighted by molar-refractivity contribution is 0.112. The summed E-state index contributed by atoms with van der Waals surface area (Å²) in [5, 5.41) is 0.808. The fraction of sp³-hybridized carbons (Fsp3) is 0.333. The van der Waals surface area contributed by atoms with Gasteiger partial charge < -0.3 is 4.90 Å². The van der Waals surface area contributed by atoms with Crippen LogP contribution in [0.5, 0.6) is 0 Å². The van der Waals surface area contributed by atoms with Crippen molar-refractivity contribution >= 4 is 28.4 Å². The molecule has 0 unspecified atom stereocenters. The highest BCUT2D eigenvalue weighted by Crippen LogP contribution is 2.44. The number of carbonyl (C=O) groups is 1. The van der Waals surface area contributed by atoms with Crippen LogP contribution in [0.1, 0.15) is 41.0 Å². The van der Waals surface area contributed by atoms with Gasteiger partial charge in [0.25, 0.3) is 0 Å². The normalized spacial score (nSPS) is 14.3. The molecule has 1 aliphatic rings. The van der Waals surface area contributed by atoms with Crippen LogP contribution in [0.25, 0.3) is 0 Å². The van der Waals surface area contributed by atoms with Crippen molar-refractivity contribution in [3.63, 3.8) is 0 Å². The Bertz CT molecular complexity index is 619. The number of benzene rings is 1. The van der Waals surface area contributed by atoms with Crippen LogP contribution in [0.15, 0.2) is 24.3 Å². The van der Waals surface area contributed by atoms with E-state index in [1.807, 2.05) is 11.8 Å². The number of thiazole rings is 1. The number of anilines is 2. The van der Waals surface area contributed by atoms with Crippen molar-refractivity contribution in [2.45, 2.75) is 25.7 Å². The highest BCUT2D eigenvalue weighted by atomic mass is 32.1. The minimum atomic E-state index is -0.254. The van der Waals surface area contributed by atoms with E-state index in [1.54, 1.807) is 12.1 Å². The first-order valence-corrected chi connectivity index (χ1v) is 7.53. The second kappa shape index (κ2) is 5.32. The molecule has 0 N–H and O–H groups in total. The standard InChI is InChI=1S/C15H15FN2OS/c1-2-18(12-7-5-11(16)6-8-12)15-17-14(10-3-4-10)13(9-19)20-15/h5-10H,2-4H2,1H3. The Labute approximate surface area is 121 Å². The van der Waals surface area contributed by atoms with Gasteiger partial charge in [-0.15, -0.1) is 0 Å². The lowest BCUT2D eigenvalue weighted by Crippen LogP contribution is -2.15. The van der Waals surface area contributed by atoms with Crippen molar-refractivity contribution < 1.29 is 9.18 Å². The molecular weight excluding hydrogens is 275 g/mol. The summed E-state index contributed by atoms with van der Waals surface area (Å²) in [7, 11) is 0. The number of hydrogen-bond acceptors (Lipinski definition) is 4. The third-order valence-electron chi connectivity index (χ3n) is 3.43. The Balaban J connectivity index is 1.96. The Hall–Kier alpha value is -1.75. The predicted octanol–water partition coefficient (Wildman–Crippen LogP) is 4.13. The first-order chi connectivity index (χ1) is 9.72. The fourth-order valence-electron chi connectivity index (χ4n) is 2.23. The highest BCUT2D eigenvalue weighted by molar-refractivity contribution is 7.17. The number of rotatable bonds is 5. The molecule has 5 heteroatoms. The molecule has 0 radical (unpaired) electrons. The zero-order valence-electron chi connectivity index (χ0n) is 11.2. The van der Waals surface area contributed by atoms with E-state index in [9.17, 15) is 9.18 Å². The zero-order valence-corrected chi connectivity index (χ0v) is 12.0. The summed E-state index contributed by atoms with van der Waals surface area (Å²) in [5.41, 5.74) is 1.82. The summed E-state index contributed by atoms with van der Waals surface area (Å²) in [6.07, 6.45) is 3.13. The molecule has 1 aliphatic carbocycles. The van der Waals surface area contributed by atoms with Gasteiger partial charge in [0.05, 0.1) is 10.6 Å². The van der Waals surface area contributed by atoms with E-state index in [2.05, 4.69) is 4.98 Å². The molecule has 20 heavy (non-hydrogen) atoms. The summed E-state index contributed by atoms with van der Waals surface area (Å²) < 4.78 is 13.0. The molecule has 0 atom stereocenters. The molecule has 0 spiro atoms. The van der Waals surface area contributed by atoms with Gasteiger partial charge in [0.1, 0.15) is 5.82 Å². The summed E-state index contributed by atoms with van der Waals surface area (Å²) in [6.45, 7) is 2.74. The van der Waals surface area contributed by atoms with E-state index in [-0.39, 0.29) is 5.82 Å². The van der Waals surface area contributed by atoms with Crippen molar-refractivity contribution in [2.75, 3.05) is 11.4 Å². The van der Waals surface area contributed by atoms with E-state index in [1.165, 1.54) is 23.5 Å². The van der Waals surface area contributed by atoms with E-state index in [0.29, 0.717) is 5.92 Å². The summed E-state index contributed by atoms with van der Waals surface area (Å²) in [4.78, 5) is 18.5. The maximum atomic E-state index is 13.0. The molecule has 0 aliphatic heterocycles. The predicted molar refractivity (Wildman–Crippen MR) is 78.6 cm³/mol. The molecule has 0 bridgehead atoms. The molecule has 1 aromatic carbocycles. The van der Waals surface area contributed by atoms with Crippen molar-refractivity contribution in [1.29, 1.82) is 0 Å². The quantitative estimate of drug-likeness (QED) is 0.776. The van der Waals surface area contributed by atoms with Crippen molar-refractivity contribution in [3.05, 3.63) is 40.7 Å². The van der Waals surface area contributed by atoms with E-state index in [0.717, 1.165) is 47.1 Å². The Morgan fingerprint density at radius 1 is 1.40 bits per heavy atom. The van der Waals surface area contributed by atoms with Gasteiger partial charge in [-0.2, -0.15) is 0 Å². The monoisotopic (exact) mass is 290 g/mol. The van der Waals surface area contributed by atoms with E-state index in [4.69, 9.17) is 0 Å². The smallest absolute Gasteiger partial charge is 0.190 e. The third kappa shape index (κ3) is 2.45. The molecule has 104 valence electrons. The maximum absolute atomic E-state index is 13.0. The SMILES string of the molecule is CCN(c1ccc(F)cc1)c1nc(C2CC2)c(C=O)s1. The minimum Gasteiger partial charge on any atom is -0.318 e. The van der Waals surface area contributed by atoms with E-state index < -0.39 is 0 Å². The number of carbonyl (C=O) groups excluding carboxylic acids is 1. The average Bonchev–Trinajstić information content (AvgIpc) is 3.22. The van der Waals surface area contributed by atoms with Crippen LogP contribution in [-0.4, -0.2) is 17.8 Å². The summed E-state index contributed by atoms with van der Waals surface area (Å²) in [6, 6.07) is 6.34. The maximum Gasteiger partial charge on any atom is 0.190 e. The largest absolute Gasteiger partial charge is 0.318 e. The molecule has 1 aromatic heterocycles. The van der Waals surface area contributed by atoms with Gasteiger partial charge in [-0.25, -0.2) is 9.37 Å². The Morgan fingerprint density at radius 3 is 2.65 bits per heavy atom. The highest BCUT2D eigenvalue weighted by Gasteiger charge is 2.30. The number of aldehydes is 1. The molecule has 1 saturated carbocycles. The van der Waals surface area contributed by atoms with Gasteiger partial charge in [-0.3, -0.25) is 4.79 Å². The Kier molecular flexibility index (Phi) is 3.53. The molecule has 1 fully saturated rings. The van der Waals surface area contributed by atoms with Gasteiger partial charge in [0.15, 0.2) is 11.4 Å². The van der Waals surface area contributed by atoms with Gasteiger partial charge in [0, 0.05) is 18.2 Å². The topological polar surface area (TPSA) is 33.2 Å². The van der Waals surface area contributed by atoms with Crippen LogP contribution in [0, 0.1) is 5.82 Å². The van der Waals surface area contributed by atoms with Gasteiger partial charge in [-0.1, -0.05) is 11.3 Å². The summed E-state index contributed by atoms with van der Waals surface area (Å²) in [5.74, 6) is 0.198. The second-order valence-electron chi connectivity index (χ2n) is 4.86. The second-order valence-corrected chi connectivity index (χ2v) is 5.87. The van der Waals surface area contributed by atoms with Crippen molar-refractivity contribution in [3.8, 4) is 0 Å². The molecule has 3 nitrogen and oxygen atoms in total. The zero-order chi connectivity index (χ0) is 14.1. The number of aromatic nitrogens is 1. The van der Waals surface area contributed by atoms with Gasteiger partial charge >= 0.3 is 0 Å². The van der Waals surface area contributed by atoms with Crippen LogP contribution in [0.4, 0.5) is 15.2 Å². The third-order valence-corrected chi connectivity index (χ3v) is 4.45. The first kappa shape index (κ1) is 13.2. The fourth-order valence-corrected chi connectivity index (χ4v) is 3.28. The van der Waals surface area contributed by atoms with Crippen molar-refractivity contribution in [1.82, 2.24) is 4.98 Å². The van der Waals surface area contributed by atoms with Crippen LogP contribution < -0.4 is 4.90 Å². The van der Waals surface area contributed by atoms with E-state index >= 15 is 0 Å². The van der Waals surface area contributed by atoms with Crippen LogP contribution in [0.2, 0.25) is 0 Å². The molecule has 2 aromatic rings. The minimum absolute atomic E-state index is 0.254. The number of nitrogens with zero attached hydrogens (tertiary/aromatic N) is 2. The van der Waals surface area contributed by atoms with Crippen LogP contribution in [0.3, 0.4) is 0 Å².